The maximum atomic E-state index is 13.8. The minimum absolute atomic E-state index is 0.246. The van der Waals surface area contributed by atoms with Gasteiger partial charge in [0, 0.05) is 34.9 Å². The molecule has 0 unspecified atom stereocenters. The summed E-state index contributed by atoms with van der Waals surface area (Å²) in [6.45, 7) is 0. The molecule has 4 aromatic carbocycles. The Bertz CT molecular complexity index is 1370. The van der Waals surface area contributed by atoms with Crippen molar-refractivity contribution in [1.82, 2.24) is 0 Å². The molecular formula is C31H22N2O4. The molecule has 0 bridgehead atoms. The molecule has 0 N–H and O–H groups in total. The summed E-state index contributed by atoms with van der Waals surface area (Å²) in [7, 11) is 0. The van der Waals surface area contributed by atoms with Crippen molar-refractivity contribution in [3.05, 3.63) is 155 Å². The summed E-state index contributed by atoms with van der Waals surface area (Å²) in [6, 6.07) is 38.3. The summed E-state index contributed by atoms with van der Waals surface area (Å²) in [5, 5.41) is 0. The highest BCUT2D eigenvalue weighted by Crippen LogP contribution is 2.29. The number of anilines is 4. The number of carbonyl (C=O) groups excluding carboxylic acids is 2. The third-order valence-electron chi connectivity index (χ3n) is 5.65. The van der Waals surface area contributed by atoms with E-state index in [1.165, 1.54) is 9.80 Å². The van der Waals surface area contributed by atoms with E-state index in [-0.39, 0.29) is 11.5 Å². The van der Waals surface area contributed by atoms with Gasteiger partial charge in [0.1, 0.15) is 0 Å². The van der Waals surface area contributed by atoms with Crippen molar-refractivity contribution in [2.75, 3.05) is 9.80 Å². The van der Waals surface area contributed by atoms with Crippen LogP contribution in [-0.2, 0) is 0 Å². The molecule has 5 aromatic rings. The second-order valence-electron chi connectivity index (χ2n) is 8.14. The van der Waals surface area contributed by atoms with E-state index in [2.05, 4.69) is 0 Å². The lowest BCUT2D eigenvalue weighted by Crippen LogP contribution is -2.29. The molecule has 0 aliphatic heterocycles. The average molecular weight is 487 g/mol. The number of amides is 2. The van der Waals surface area contributed by atoms with Crippen molar-refractivity contribution in [2.45, 2.75) is 0 Å². The summed E-state index contributed by atoms with van der Waals surface area (Å²) in [5.74, 6) is -1.64. The monoisotopic (exact) mass is 486 g/mol. The first kappa shape index (κ1) is 23.5. The molecule has 180 valence electrons. The zero-order valence-electron chi connectivity index (χ0n) is 19.7. The van der Waals surface area contributed by atoms with Gasteiger partial charge in [0.2, 0.25) is 0 Å². The molecule has 6 heteroatoms. The van der Waals surface area contributed by atoms with Gasteiger partial charge < -0.3 is 4.42 Å². The van der Waals surface area contributed by atoms with E-state index in [1.54, 1.807) is 48.5 Å². The predicted octanol–water partition coefficient (Wildman–Crippen LogP) is 6.60. The first-order valence-corrected chi connectivity index (χ1v) is 11.7. The van der Waals surface area contributed by atoms with Crippen LogP contribution in [0.1, 0.15) is 21.1 Å². The van der Waals surface area contributed by atoms with Crippen molar-refractivity contribution in [3.8, 4) is 0 Å². The Morgan fingerprint density at radius 1 is 0.459 bits per heavy atom. The fraction of sp³-hybridized carbons (Fsp3) is 0. The Labute approximate surface area is 213 Å². The SMILES string of the molecule is O=C(c1cc(=O)cc(C(=O)N(c2ccccc2)c2ccccc2)o1)N(c1ccccc1)c1ccccc1. The summed E-state index contributed by atoms with van der Waals surface area (Å²) in [5.41, 5.74) is 1.85. The smallest absolute Gasteiger partial charge is 0.298 e. The summed E-state index contributed by atoms with van der Waals surface area (Å²) in [6.07, 6.45) is 0. The zero-order valence-corrected chi connectivity index (χ0v) is 19.7. The van der Waals surface area contributed by atoms with E-state index in [0.29, 0.717) is 22.7 Å². The molecular weight excluding hydrogens is 464 g/mol. The normalized spacial score (nSPS) is 10.5. The number of hydrogen-bond donors (Lipinski definition) is 0. The highest BCUT2D eigenvalue weighted by Gasteiger charge is 2.27. The van der Waals surface area contributed by atoms with E-state index in [1.807, 2.05) is 72.8 Å². The number of rotatable bonds is 6. The van der Waals surface area contributed by atoms with Gasteiger partial charge in [-0.3, -0.25) is 24.2 Å². The van der Waals surface area contributed by atoms with E-state index < -0.39 is 17.2 Å². The summed E-state index contributed by atoms with van der Waals surface area (Å²) >= 11 is 0. The molecule has 0 spiro atoms. The average Bonchev–Trinajstić information content (AvgIpc) is 2.95. The van der Waals surface area contributed by atoms with Crippen molar-refractivity contribution < 1.29 is 14.0 Å². The van der Waals surface area contributed by atoms with Gasteiger partial charge in [-0.05, 0) is 48.5 Å². The van der Waals surface area contributed by atoms with Gasteiger partial charge in [0.25, 0.3) is 11.8 Å². The number of carbonyl (C=O) groups is 2. The Morgan fingerprint density at radius 3 is 1.00 bits per heavy atom. The van der Waals surface area contributed by atoms with Gasteiger partial charge in [-0.15, -0.1) is 0 Å². The van der Waals surface area contributed by atoms with Crippen LogP contribution in [0, 0.1) is 0 Å². The zero-order chi connectivity index (χ0) is 25.6. The lowest BCUT2D eigenvalue weighted by molar-refractivity contribution is 0.0942. The topological polar surface area (TPSA) is 70.8 Å². The molecule has 0 atom stereocenters. The molecule has 0 aliphatic carbocycles. The largest absolute Gasteiger partial charge is 0.445 e. The molecule has 0 aliphatic rings. The van der Waals surface area contributed by atoms with Crippen molar-refractivity contribution in [1.29, 1.82) is 0 Å². The molecule has 1 aromatic heterocycles. The quantitative estimate of drug-likeness (QED) is 0.271. The molecule has 0 saturated carbocycles. The molecule has 37 heavy (non-hydrogen) atoms. The van der Waals surface area contributed by atoms with E-state index >= 15 is 0 Å². The fourth-order valence-corrected chi connectivity index (χ4v) is 3.98. The second kappa shape index (κ2) is 10.6. The van der Waals surface area contributed by atoms with Gasteiger partial charge in [0.15, 0.2) is 16.9 Å². The van der Waals surface area contributed by atoms with Crippen molar-refractivity contribution in [2.24, 2.45) is 0 Å². The van der Waals surface area contributed by atoms with Gasteiger partial charge in [-0.25, -0.2) is 0 Å². The Kier molecular flexibility index (Phi) is 6.72. The Morgan fingerprint density at radius 2 is 0.730 bits per heavy atom. The van der Waals surface area contributed by atoms with Gasteiger partial charge in [-0.1, -0.05) is 72.8 Å². The van der Waals surface area contributed by atoms with E-state index in [9.17, 15) is 14.4 Å². The van der Waals surface area contributed by atoms with Gasteiger partial charge >= 0.3 is 0 Å². The van der Waals surface area contributed by atoms with Gasteiger partial charge in [0.05, 0.1) is 0 Å². The first-order chi connectivity index (χ1) is 18.1. The Balaban J connectivity index is 1.59. The summed E-state index contributed by atoms with van der Waals surface area (Å²) in [4.78, 5) is 43.1. The van der Waals surface area contributed by atoms with Crippen LogP contribution in [0.5, 0.6) is 0 Å². The maximum absolute atomic E-state index is 13.8. The number of para-hydroxylation sites is 4. The highest BCUT2D eigenvalue weighted by atomic mass is 16.4. The molecule has 0 radical (unpaired) electrons. The van der Waals surface area contributed by atoms with Crippen LogP contribution in [0.2, 0.25) is 0 Å². The van der Waals surface area contributed by atoms with Gasteiger partial charge in [-0.2, -0.15) is 0 Å². The lowest BCUT2D eigenvalue weighted by atomic mass is 10.2. The number of hydrogen-bond acceptors (Lipinski definition) is 4. The van der Waals surface area contributed by atoms with E-state index in [4.69, 9.17) is 4.42 Å². The standard InChI is InChI=1S/C31H22N2O4/c34-27-21-28(30(35)32(23-13-5-1-6-14-23)24-15-7-2-8-16-24)37-29(22-27)31(36)33(25-17-9-3-10-18-25)26-19-11-4-12-20-26/h1-22H. The van der Waals surface area contributed by atoms with Crippen LogP contribution in [0.4, 0.5) is 22.7 Å². The van der Waals surface area contributed by atoms with Crippen LogP contribution < -0.4 is 15.2 Å². The number of benzene rings is 4. The molecule has 2 amide bonds. The van der Waals surface area contributed by atoms with Crippen LogP contribution in [-0.4, -0.2) is 11.8 Å². The Hall–Kier alpha value is -5.23. The summed E-state index contributed by atoms with van der Waals surface area (Å²) < 4.78 is 5.85. The molecule has 6 nitrogen and oxygen atoms in total. The van der Waals surface area contributed by atoms with Crippen LogP contribution >= 0.6 is 0 Å². The molecule has 0 saturated heterocycles. The highest BCUT2D eigenvalue weighted by molar-refractivity contribution is 6.11. The van der Waals surface area contributed by atoms with Crippen LogP contribution in [0.25, 0.3) is 0 Å². The predicted molar refractivity (Wildman–Crippen MR) is 144 cm³/mol. The maximum Gasteiger partial charge on any atom is 0.298 e. The third kappa shape index (κ3) is 5.09. The van der Waals surface area contributed by atoms with Crippen molar-refractivity contribution >= 4 is 34.6 Å². The molecule has 1 heterocycles. The van der Waals surface area contributed by atoms with Crippen LogP contribution in [0.15, 0.2) is 143 Å². The second-order valence-corrected chi connectivity index (χ2v) is 8.14. The minimum Gasteiger partial charge on any atom is -0.445 e. The van der Waals surface area contributed by atoms with E-state index in [0.717, 1.165) is 12.1 Å². The first-order valence-electron chi connectivity index (χ1n) is 11.7. The number of nitrogens with zero attached hydrogens (tertiary/aromatic N) is 2. The molecule has 0 fully saturated rings. The van der Waals surface area contributed by atoms with Crippen molar-refractivity contribution in [3.63, 3.8) is 0 Å². The molecule has 5 rings (SSSR count). The lowest BCUT2D eigenvalue weighted by Gasteiger charge is -2.24. The fourth-order valence-electron chi connectivity index (χ4n) is 3.98. The minimum atomic E-state index is -0.574. The van der Waals surface area contributed by atoms with Crippen LogP contribution in [0.3, 0.4) is 0 Å². The third-order valence-corrected chi connectivity index (χ3v) is 5.65.